The zero-order valence-electron chi connectivity index (χ0n) is 20.8. The SMILES string of the molecule is O=C(c1ccc(-c2ccc3nc(-c4cccnc4)nc(Nc4ccc(F)c(Cl)c4)c3c2)cc1)N1CCOCC1. The van der Waals surface area contributed by atoms with E-state index in [1.54, 1.807) is 18.5 Å². The molecule has 1 saturated heterocycles. The minimum atomic E-state index is -0.497. The minimum Gasteiger partial charge on any atom is -0.378 e. The number of aromatic nitrogens is 3. The van der Waals surface area contributed by atoms with Crippen LogP contribution in [-0.4, -0.2) is 52.1 Å². The molecule has 0 spiro atoms. The van der Waals surface area contributed by atoms with Crippen LogP contribution in [0.5, 0.6) is 0 Å². The summed E-state index contributed by atoms with van der Waals surface area (Å²) in [5.74, 6) is 0.556. The van der Waals surface area contributed by atoms with Crippen molar-refractivity contribution in [2.75, 3.05) is 31.6 Å². The normalized spacial score (nSPS) is 13.4. The number of anilines is 2. The molecule has 1 aliphatic heterocycles. The Balaban J connectivity index is 1.38. The molecular weight excluding hydrogens is 517 g/mol. The molecule has 1 fully saturated rings. The quantitative estimate of drug-likeness (QED) is 0.280. The standard InChI is InChI=1S/C30H23ClFN5O2/c31-25-17-23(8-9-26(25)32)34-29-24-16-21(7-10-27(24)35-28(36-29)22-2-1-11-33-18-22)19-3-5-20(6-4-19)30(38)37-12-14-39-15-13-37/h1-11,16-18H,12-15H2,(H,34,35,36). The van der Waals surface area contributed by atoms with Crippen molar-refractivity contribution in [3.8, 4) is 22.5 Å². The Labute approximate surface area is 229 Å². The highest BCUT2D eigenvalue weighted by Crippen LogP contribution is 2.32. The smallest absolute Gasteiger partial charge is 0.254 e. The Morgan fingerprint density at radius 1 is 0.923 bits per heavy atom. The summed E-state index contributed by atoms with van der Waals surface area (Å²) in [5, 5.41) is 4.07. The van der Waals surface area contributed by atoms with Gasteiger partial charge in [0.1, 0.15) is 11.6 Å². The fraction of sp³-hybridized carbons (Fsp3) is 0.133. The van der Waals surface area contributed by atoms with Crippen molar-refractivity contribution >= 4 is 39.9 Å². The molecule has 1 aliphatic rings. The monoisotopic (exact) mass is 539 g/mol. The van der Waals surface area contributed by atoms with Gasteiger partial charge in [0, 0.05) is 47.7 Å². The number of amides is 1. The number of morpholine rings is 1. The van der Waals surface area contributed by atoms with Gasteiger partial charge in [-0.15, -0.1) is 0 Å². The third kappa shape index (κ3) is 5.30. The largest absolute Gasteiger partial charge is 0.378 e. The first kappa shape index (κ1) is 24.9. The number of ether oxygens (including phenoxy) is 1. The lowest BCUT2D eigenvalue weighted by Gasteiger charge is -2.26. The van der Waals surface area contributed by atoms with E-state index in [9.17, 15) is 9.18 Å². The van der Waals surface area contributed by atoms with Gasteiger partial charge in [0.15, 0.2) is 5.82 Å². The lowest BCUT2D eigenvalue weighted by molar-refractivity contribution is 0.0303. The summed E-state index contributed by atoms with van der Waals surface area (Å²) in [7, 11) is 0. The van der Waals surface area contributed by atoms with Crippen molar-refractivity contribution in [1.82, 2.24) is 19.9 Å². The molecule has 0 saturated carbocycles. The Kier molecular flexibility index (Phi) is 6.87. The van der Waals surface area contributed by atoms with Gasteiger partial charge in [0.05, 0.1) is 23.8 Å². The topological polar surface area (TPSA) is 80.2 Å². The van der Waals surface area contributed by atoms with E-state index in [1.807, 2.05) is 59.5 Å². The number of rotatable bonds is 5. The Bertz CT molecular complexity index is 1660. The van der Waals surface area contributed by atoms with Gasteiger partial charge < -0.3 is 15.0 Å². The number of hydrogen-bond donors (Lipinski definition) is 1. The molecule has 3 heterocycles. The number of benzene rings is 3. The number of nitrogens with one attached hydrogen (secondary N) is 1. The Morgan fingerprint density at radius 2 is 1.72 bits per heavy atom. The van der Waals surface area contributed by atoms with Gasteiger partial charge in [-0.1, -0.05) is 29.8 Å². The van der Waals surface area contributed by atoms with Gasteiger partial charge in [-0.05, 0) is 65.7 Å². The maximum absolute atomic E-state index is 13.8. The van der Waals surface area contributed by atoms with E-state index in [0.717, 1.165) is 27.6 Å². The van der Waals surface area contributed by atoms with Crippen molar-refractivity contribution in [3.63, 3.8) is 0 Å². The first-order valence-corrected chi connectivity index (χ1v) is 12.8. The highest BCUT2D eigenvalue weighted by molar-refractivity contribution is 6.31. The van der Waals surface area contributed by atoms with Crippen molar-refractivity contribution < 1.29 is 13.9 Å². The predicted molar refractivity (Wildman–Crippen MR) is 150 cm³/mol. The number of halogens is 2. The average molecular weight is 540 g/mol. The first-order chi connectivity index (χ1) is 19.0. The van der Waals surface area contributed by atoms with Crippen LogP contribution < -0.4 is 5.32 Å². The van der Waals surface area contributed by atoms with Crippen LogP contribution in [0.4, 0.5) is 15.9 Å². The molecule has 0 aliphatic carbocycles. The highest BCUT2D eigenvalue weighted by atomic mass is 35.5. The number of carbonyl (C=O) groups excluding carboxylic acids is 1. The fourth-order valence-electron chi connectivity index (χ4n) is 4.49. The van der Waals surface area contributed by atoms with Crippen molar-refractivity contribution in [3.05, 3.63) is 102 Å². The molecule has 0 bridgehead atoms. The van der Waals surface area contributed by atoms with Crippen molar-refractivity contribution in [2.24, 2.45) is 0 Å². The van der Waals surface area contributed by atoms with Gasteiger partial charge >= 0.3 is 0 Å². The van der Waals surface area contributed by atoms with Gasteiger partial charge in [-0.3, -0.25) is 9.78 Å². The molecule has 39 heavy (non-hydrogen) atoms. The molecule has 1 N–H and O–H groups in total. The summed E-state index contributed by atoms with van der Waals surface area (Å²) in [6, 6.07) is 21.6. The van der Waals surface area contributed by atoms with Gasteiger partial charge in [0.2, 0.25) is 0 Å². The fourth-order valence-corrected chi connectivity index (χ4v) is 4.67. The van der Waals surface area contributed by atoms with E-state index in [4.69, 9.17) is 26.3 Å². The van der Waals surface area contributed by atoms with E-state index >= 15 is 0 Å². The number of nitrogens with zero attached hydrogens (tertiary/aromatic N) is 4. The van der Waals surface area contributed by atoms with Gasteiger partial charge in [0.25, 0.3) is 5.91 Å². The zero-order valence-corrected chi connectivity index (χ0v) is 21.5. The van der Waals surface area contributed by atoms with Crippen LogP contribution in [0.1, 0.15) is 10.4 Å². The summed E-state index contributed by atoms with van der Waals surface area (Å²) in [4.78, 5) is 28.4. The zero-order chi connectivity index (χ0) is 26.8. The molecular formula is C30H23ClFN5O2. The predicted octanol–water partition coefficient (Wildman–Crippen LogP) is 6.37. The molecule has 0 atom stereocenters. The molecule has 6 rings (SSSR count). The summed E-state index contributed by atoms with van der Waals surface area (Å²) in [6.45, 7) is 2.32. The number of pyridine rings is 1. The third-order valence-corrected chi connectivity index (χ3v) is 6.85. The average Bonchev–Trinajstić information content (AvgIpc) is 2.99. The first-order valence-electron chi connectivity index (χ1n) is 12.5. The van der Waals surface area contributed by atoms with Crippen LogP contribution >= 0.6 is 11.6 Å². The van der Waals surface area contributed by atoms with Crippen molar-refractivity contribution in [2.45, 2.75) is 0 Å². The molecule has 0 radical (unpaired) electrons. The lowest BCUT2D eigenvalue weighted by Crippen LogP contribution is -2.40. The second kappa shape index (κ2) is 10.8. The lowest BCUT2D eigenvalue weighted by atomic mass is 10.0. The molecule has 5 aromatic rings. The number of hydrogen-bond acceptors (Lipinski definition) is 6. The van der Waals surface area contributed by atoms with Gasteiger partial charge in [-0.2, -0.15) is 0 Å². The Morgan fingerprint density at radius 3 is 2.46 bits per heavy atom. The number of fused-ring (bicyclic) bond motifs is 1. The van der Waals surface area contributed by atoms with E-state index < -0.39 is 5.82 Å². The van der Waals surface area contributed by atoms with E-state index in [0.29, 0.717) is 49.2 Å². The summed E-state index contributed by atoms with van der Waals surface area (Å²) < 4.78 is 19.1. The maximum Gasteiger partial charge on any atom is 0.254 e. The van der Waals surface area contributed by atoms with Crippen molar-refractivity contribution in [1.29, 1.82) is 0 Å². The van der Waals surface area contributed by atoms with E-state index in [2.05, 4.69) is 10.3 Å². The van der Waals surface area contributed by atoms with Crippen LogP contribution in [0.3, 0.4) is 0 Å². The molecule has 3 aromatic carbocycles. The number of carbonyl (C=O) groups is 1. The summed E-state index contributed by atoms with van der Waals surface area (Å²) in [5.41, 5.74) is 4.61. The second-order valence-electron chi connectivity index (χ2n) is 9.11. The second-order valence-corrected chi connectivity index (χ2v) is 9.51. The van der Waals surface area contributed by atoms with E-state index in [-0.39, 0.29) is 10.9 Å². The van der Waals surface area contributed by atoms with Crippen LogP contribution in [0.2, 0.25) is 5.02 Å². The highest BCUT2D eigenvalue weighted by Gasteiger charge is 2.19. The van der Waals surface area contributed by atoms with Crippen LogP contribution in [0.25, 0.3) is 33.4 Å². The minimum absolute atomic E-state index is 0.00383. The molecule has 194 valence electrons. The van der Waals surface area contributed by atoms with Gasteiger partial charge in [-0.25, -0.2) is 14.4 Å². The molecule has 0 unspecified atom stereocenters. The Hall–Kier alpha value is -4.40. The third-order valence-electron chi connectivity index (χ3n) is 6.56. The maximum atomic E-state index is 13.8. The summed E-state index contributed by atoms with van der Waals surface area (Å²) >= 11 is 6.03. The van der Waals surface area contributed by atoms with Crippen LogP contribution in [0, 0.1) is 5.82 Å². The molecule has 1 amide bonds. The summed E-state index contributed by atoms with van der Waals surface area (Å²) in [6.07, 6.45) is 3.39. The molecule has 2 aromatic heterocycles. The van der Waals surface area contributed by atoms with Crippen LogP contribution in [-0.2, 0) is 4.74 Å². The molecule has 9 heteroatoms. The van der Waals surface area contributed by atoms with Crippen LogP contribution in [0.15, 0.2) is 85.2 Å². The molecule has 7 nitrogen and oxygen atoms in total. The van der Waals surface area contributed by atoms with E-state index in [1.165, 1.54) is 12.1 Å².